The number of thioether (sulfide) groups is 1. The van der Waals surface area contributed by atoms with Crippen LogP contribution < -0.4 is 4.90 Å². The molecule has 1 fully saturated rings. The molecule has 1 saturated heterocycles. The second-order valence-electron chi connectivity index (χ2n) is 6.09. The minimum atomic E-state index is -3.73. The lowest BCUT2D eigenvalue weighted by atomic mass is 10.4. The van der Waals surface area contributed by atoms with Crippen LogP contribution in [0, 0.1) is 0 Å². The van der Waals surface area contributed by atoms with Gasteiger partial charge in [0.2, 0.25) is 15.9 Å². The highest BCUT2D eigenvalue weighted by Gasteiger charge is 2.31. The first-order valence-electron chi connectivity index (χ1n) is 8.89. The molecule has 2 aromatic rings. The summed E-state index contributed by atoms with van der Waals surface area (Å²) in [6.07, 6.45) is 0. The van der Waals surface area contributed by atoms with Crippen LogP contribution in [0.15, 0.2) is 21.7 Å². The maximum atomic E-state index is 12.9. The summed E-state index contributed by atoms with van der Waals surface area (Å²) >= 11 is 4.04. The Morgan fingerprint density at radius 2 is 2.00 bits per heavy atom. The SMILES string of the molecule is CCN(C(C)=O)c1nc(COC(=O)c2sccc2S(=O)(=O)N2CCSCC2)cs1. The Bertz CT molecular complexity index is 979. The highest BCUT2D eigenvalue weighted by Crippen LogP contribution is 2.28. The highest BCUT2D eigenvalue weighted by atomic mass is 32.2. The lowest BCUT2D eigenvalue weighted by Crippen LogP contribution is -2.38. The fraction of sp³-hybridized carbons (Fsp3) is 0.471. The minimum Gasteiger partial charge on any atom is -0.455 e. The number of carbonyl (C=O) groups is 2. The lowest BCUT2D eigenvalue weighted by molar-refractivity contribution is -0.116. The highest BCUT2D eigenvalue weighted by molar-refractivity contribution is 7.99. The summed E-state index contributed by atoms with van der Waals surface area (Å²) in [6, 6.07) is 1.45. The standard InChI is InChI=1S/C17H21N3O5S4/c1-3-20(12(2)21)17-18-13(11-28-17)10-25-16(22)15-14(4-7-27-15)29(23,24)19-5-8-26-9-6-19/h4,7,11H,3,5-6,8-10H2,1-2H3. The van der Waals surface area contributed by atoms with Crippen LogP contribution in [0.1, 0.15) is 29.2 Å². The van der Waals surface area contributed by atoms with Crippen LogP contribution in [-0.2, 0) is 26.2 Å². The van der Waals surface area contributed by atoms with Crippen molar-refractivity contribution in [1.82, 2.24) is 9.29 Å². The predicted octanol–water partition coefficient (Wildman–Crippen LogP) is 2.67. The third-order valence-electron chi connectivity index (χ3n) is 4.22. The fourth-order valence-electron chi connectivity index (χ4n) is 2.76. The Morgan fingerprint density at radius 1 is 1.28 bits per heavy atom. The van der Waals surface area contributed by atoms with Gasteiger partial charge < -0.3 is 4.74 Å². The van der Waals surface area contributed by atoms with Gasteiger partial charge in [-0.3, -0.25) is 9.69 Å². The zero-order valence-corrected chi connectivity index (χ0v) is 19.3. The number of ether oxygens (including phenoxy) is 1. The molecule has 12 heteroatoms. The maximum Gasteiger partial charge on any atom is 0.350 e. The Balaban J connectivity index is 1.69. The Labute approximate surface area is 181 Å². The van der Waals surface area contributed by atoms with Crippen molar-refractivity contribution in [2.45, 2.75) is 25.3 Å². The predicted molar refractivity (Wildman–Crippen MR) is 115 cm³/mol. The van der Waals surface area contributed by atoms with Gasteiger partial charge in [-0.1, -0.05) is 0 Å². The summed E-state index contributed by atoms with van der Waals surface area (Å²) in [7, 11) is -3.73. The van der Waals surface area contributed by atoms with Crippen molar-refractivity contribution in [1.29, 1.82) is 0 Å². The Morgan fingerprint density at radius 3 is 2.66 bits per heavy atom. The average Bonchev–Trinajstić information content (AvgIpc) is 3.37. The fourth-order valence-corrected chi connectivity index (χ4v) is 7.54. The van der Waals surface area contributed by atoms with Crippen molar-refractivity contribution in [2.75, 3.05) is 36.0 Å². The number of thiophene rings is 1. The summed E-state index contributed by atoms with van der Waals surface area (Å²) in [4.78, 5) is 30.1. The molecule has 1 aliphatic rings. The van der Waals surface area contributed by atoms with E-state index >= 15 is 0 Å². The molecule has 158 valence electrons. The number of hydrogen-bond donors (Lipinski definition) is 0. The third kappa shape index (κ3) is 5.00. The number of anilines is 1. The van der Waals surface area contributed by atoms with E-state index in [1.54, 1.807) is 22.5 Å². The van der Waals surface area contributed by atoms with Gasteiger partial charge in [0, 0.05) is 43.4 Å². The third-order valence-corrected chi connectivity index (χ3v) is 9.04. The molecule has 0 N–H and O–H groups in total. The van der Waals surface area contributed by atoms with Crippen LogP contribution in [0.5, 0.6) is 0 Å². The van der Waals surface area contributed by atoms with E-state index in [-0.39, 0.29) is 22.3 Å². The molecule has 3 heterocycles. The summed E-state index contributed by atoms with van der Waals surface area (Å²) in [5.74, 6) is 0.669. The number of nitrogens with zero attached hydrogens (tertiary/aromatic N) is 3. The van der Waals surface area contributed by atoms with Crippen LogP contribution >= 0.6 is 34.4 Å². The molecule has 0 aliphatic carbocycles. The van der Waals surface area contributed by atoms with Crippen molar-refractivity contribution < 1.29 is 22.7 Å². The molecule has 0 atom stereocenters. The summed E-state index contributed by atoms with van der Waals surface area (Å²) in [5.41, 5.74) is 0.507. The first-order valence-corrected chi connectivity index (χ1v) is 13.2. The molecule has 0 aromatic carbocycles. The molecule has 1 amide bonds. The number of thiazole rings is 1. The largest absolute Gasteiger partial charge is 0.455 e. The quantitative estimate of drug-likeness (QED) is 0.568. The lowest BCUT2D eigenvalue weighted by Gasteiger charge is -2.25. The molecule has 3 rings (SSSR count). The van der Waals surface area contributed by atoms with E-state index in [0.717, 1.165) is 22.8 Å². The van der Waals surface area contributed by atoms with Gasteiger partial charge in [0.25, 0.3) is 0 Å². The molecule has 2 aromatic heterocycles. The van der Waals surface area contributed by atoms with Gasteiger partial charge >= 0.3 is 5.97 Å². The van der Waals surface area contributed by atoms with E-state index in [2.05, 4.69) is 4.98 Å². The number of amides is 1. The molecule has 0 spiro atoms. The molecule has 0 bridgehead atoms. The van der Waals surface area contributed by atoms with E-state index in [9.17, 15) is 18.0 Å². The van der Waals surface area contributed by atoms with Gasteiger partial charge in [-0.25, -0.2) is 18.2 Å². The zero-order valence-electron chi connectivity index (χ0n) is 16.0. The van der Waals surface area contributed by atoms with Gasteiger partial charge in [0.05, 0.1) is 5.69 Å². The zero-order chi connectivity index (χ0) is 21.0. The van der Waals surface area contributed by atoms with Crippen molar-refractivity contribution >= 4 is 61.5 Å². The minimum absolute atomic E-state index is 0.00731. The van der Waals surface area contributed by atoms with Crippen molar-refractivity contribution in [3.8, 4) is 0 Å². The summed E-state index contributed by atoms with van der Waals surface area (Å²) in [5, 5.41) is 3.83. The van der Waals surface area contributed by atoms with E-state index in [4.69, 9.17) is 4.74 Å². The molecular weight excluding hydrogens is 454 g/mol. The molecule has 0 unspecified atom stereocenters. The van der Waals surface area contributed by atoms with Gasteiger partial charge in [0.15, 0.2) is 5.13 Å². The molecular formula is C17H21N3O5S4. The van der Waals surface area contributed by atoms with E-state index < -0.39 is 16.0 Å². The van der Waals surface area contributed by atoms with Crippen molar-refractivity contribution in [2.24, 2.45) is 0 Å². The Hall–Kier alpha value is -1.47. The summed E-state index contributed by atoms with van der Waals surface area (Å²) in [6.45, 7) is 4.58. The van der Waals surface area contributed by atoms with Crippen LogP contribution in [-0.4, -0.2) is 60.7 Å². The van der Waals surface area contributed by atoms with Crippen LogP contribution in [0.3, 0.4) is 0 Å². The maximum absolute atomic E-state index is 12.9. The second kappa shape index (κ2) is 9.56. The number of carbonyl (C=O) groups excluding carboxylic acids is 2. The number of hydrogen-bond acceptors (Lipinski definition) is 9. The smallest absolute Gasteiger partial charge is 0.350 e. The second-order valence-corrected chi connectivity index (χ2v) is 11.0. The molecule has 8 nitrogen and oxygen atoms in total. The molecule has 1 aliphatic heterocycles. The first kappa shape index (κ1) is 22.2. The van der Waals surface area contributed by atoms with Crippen molar-refractivity contribution in [3.63, 3.8) is 0 Å². The molecule has 29 heavy (non-hydrogen) atoms. The van der Waals surface area contributed by atoms with Gasteiger partial charge in [0.1, 0.15) is 16.4 Å². The summed E-state index contributed by atoms with van der Waals surface area (Å²) < 4.78 is 32.5. The number of rotatable bonds is 7. The van der Waals surface area contributed by atoms with Gasteiger partial charge in [-0.2, -0.15) is 16.1 Å². The number of esters is 1. The Kier molecular flexibility index (Phi) is 7.32. The molecule has 0 saturated carbocycles. The van der Waals surface area contributed by atoms with Crippen LogP contribution in [0.2, 0.25) is 0 Å². The van der Waals surface area contributed by atoms with Crippen LogP contribution in [0.25, 0.3) is 0 Å². The first-order chi connectivity index (χ1) is 13.8. The van der Waals surface area contributed by atoms with Crippen molar-refractivity contribution in [3.05, 3.63) is 27.4 Å². The number of sulfonamides is 1. The number of aromatic nitrogens is 1. The topological polar surface area (TPSA) is 96.9 Å². The van der Waals surface area contributed by atoms with E-state index in [0.29, 0.717) is 30.5 Å². The van der Waals surface area contributed by atoms with E-state index in [1.165, 1.54) is 33.5 Å². The monoisotopic (exact) mass is 475 g/mol. The van der Waals surface area contributed by atoms with E-state index in [1.807, 2.05) is 6.92 Å². The average molecular weight is 476 g/mol. The van der Waals surface area contributed by atoms with Crippen LogP contribution in [0.4, 0.5) is 5.13 Å². The normalized spacial score (nSPS) is 15.2. The van der Waals surface area contributed by atoms with Gasteiger partial charge in [-0.15, -0.1) is 22.7 Å². The van der Waals surface area contributed by atoms with Gasteiger partial charge in [-0.05, 0) is 18.4 Å². The molecule has 0 radical (unpaired) electrons.